The molecule has 0 aromatic rings. The summed E-state index contributed by atoms with van der Waals surface area (Å²) in [5.41, 5.74) is 6.01. The van der Waals surface area contributed by atoms with Gasteiger partial charge in [0.15, 0.2) is 0 Å². The average molecular weight is 217 g/mol. The van der Waals surface area contributed by atoms with E-state index in [1.54, 1.807) is 0 Å². The average Bonchev–Trinajstić information content (AvgIpc) is 2.54. The predicted molar refractivity (Wildman–Crippen MR) is 56.6 cm³/mol. The van der Waals surface area contributed by atoms with Crippen molar-refractivity contribution in [2.24, 2.45) is 23.5 Å². The van der Waals surface area contributed by atoms with Crippen molar-refractivity contribution in [2.75, 3.05) is 12.0 Å². The van der Waals surface area contributed by atoms with Crippen molar-refractivity contribution in [1.82, 2.24) is 0 Å². The highest BCUT2D eigenvalue weighted by molar-refractivity contribution is 7.90. The molecular weight excluding hydrogens is 198 g/mol. The van der Waals surface area contributed by atoms with Gasteiger partial charge in [0.1, 0.15) is 9.84 Å². The van der Waals surface area contributed by atoms with Crippen LogP contribution in [-0.4, -0.2) is 26.5 Å². The van der Waals surface area contributed by atoms with E-state index in [9.17, 15) is 8.42 Å². The zero-order valence-electron chi connectivity index (χ0n) is 8.65. The van der Waals surface area contributed by atoms with E-state index < -0.39 is 9.84 Å². The maximum Gasteiger partial charge on any atom is 0.147 e. The van der Waals surface area contributed by atoms with Gasteiger partial charge in [-0.05, 0) is 37.0 Å². The Morgan fingerprint density at radius 3 is 2.43 bits per heavy atom. The van der Waals surface area contributed by atoms with Gasteiger partial charge in [-0.2, -0.15) is 0 Å². The third-order valence-electron chi connectivity index (χ3n) is 3.79. The molecular formula is C10H19NO2S. The lowest BCUT2D eigenvalue weighted by Gasteiger charge is -2.12. The molecule has 2 fully saturated rings. The van der Waals surface area contributed by atoms with Crippen molar-refractivity contribution >= 4 is 9.84 Å². The molecule has 2 N–H and O–H groups in total. The standard InChI is InChI=1S/C10H19NO2S/c1-14(12,13)6-5-9(11)10-7-3-2-4-8(7)10/h7-10H,2-6,11H2,1H3. The summed E-state index contributed by atoms with van der Waals surface area (Å²) in [6.45, 7) is 0. The maximum atomic E-state index is 11.0. The van der Waals surface area contributed by atoms with Gasteiger partial charge >= 0.3 is 0 Å². The third-order valence-corrected chi connectivity index (χ3v) is 4.77. The van der Waals surface area contributed by atoms with Crippen LogP contribution in [0.4, 0.5) is 0 Å². The quantitative estimate of drug-likeness (QED) is 0.757. The molecule has 3 nitrogen and oxygen atoms in total. The SMILES string of the molecule is CS(=O)(=O)CCC(N)C1C2CCCC21. The topological polar surface area (TPSA) is 60.2 Å². The molecule has 14 heavy (non-hydrogen) atoms. The highest BCUT2D eigenvalue weighted by Crippen LogP contribution is 2.58. The Morgan fingerprint density at radius 2 is 1.93 bits per heavy atom. The Balaban J connectivity index is 1.78. The molecule has 3 atom stereocenters. The second-order valence-corrected chi connectivity index (χ2v) is 7.18. The summed E-state index contributed by atoms with van der Waals surface area (Å²) in [6.07, 6.45) is 5.93. The molecule has 82 valence electrons. The van der Waals surface area contributed by atoms with E-state index in [0.717, 1.165) is 11.8 Å². The Hall–Kier alpha value is -0.0900. The summed E-state index contributed by atoms with van der Waals surface area (Å²) < 4.78 is 21.9. The number of sulfone groups is 1. The van der Waals surface area contributed by atoms with E-state index in [2.05, 4.69) is 0 Å². The van der Waals surface area contributed by atoms with E-state index in [1.165, 1.54) is 25.5 Å². The van der Waals surface area contributed by atoms with Crippen LogP contribution in [0.5, 0.6) is 0 Å². The Morgan fingerprint density at radius 1 is 1.36 bits per heavy atom. The monoisotopic (exact) mass is 217 g/mol. The highest BCUT2D eigenvalue weighted by atomic mass is 32.2. The number of fused-ring (bicyclic) bond motifs is 1. The normalized spacial score (nSPS) is 38.0. The second-order valence-electron chi connectivity index (χ2n) is 4.92. The minimum atomic E-state index is -2.83. The van der Waals surface area contributed by atoms with Crippen molar-refractivity contribution in [3.8, 4) is 0 Å². The van der Waals surface area contributed by atoms with Crippen LogP contribution in [0.3, 0.4) is 0 Å². The fourth-order valence-electron chi connectivity index (χ4n) is 3.05. The van der Waals surface area contributed by atoms with Crippen LogP contribution in [0.2, 0.25) is 0 Å². The first-order chi connectivity index (χ1) is 6.49. The fraction of sp³-hybridized carbons (Fsp3) is 1.00. The van der Waals surface area contributed by atoms with E-state index in [0.29, 0.717) is 12.3 Å². The molecule has 0 aromatic carbocycles. The molecule has 0 aliphatic heterocycles. The summed E-state index contributed by atoms with van der Waals surface area (Å²) in [5, 5.41) is 0. The second kappa shape index (κ2) is 3.49. The maximum absolute atomic E-state index is 11.0. The molecule has 2 saturated carbocycles. The summed E-state index contributed by atoms with van der Waals surface area (Å²) >= 11 is 0. The van der Waals surface area contributed by atoms with Crippen LogP contribution in [0.15, 0.2) is 0 Å². The van der Waals surface area contributed by atoms with Gasteiger partial charge in [-0.1, -0.05) is 6.42 Å². The molecule has 4 heteroatoms. The van der Waals surface area contributed by atoms with E-state index >= 15 is 0 Å². The first-order valence-corrected chi connectivity index (χ1v) is 7.48. The summed E-state index contributed by atoms with van der Waals surface area (Å²) in [5.74, 6) is 2.57. The molecule has 0 aromatic heterocycles. The molecule has 0 spiro atoms. The van der Waals surface area contributed by atoms with Crippen LogP contribution in [-0.2, 0) is 9.84 Å². The van der Waals surface area contributed by atoms with Crippen LogP contribution >= 0.6 is 0 Å². The molecule has 2 aliphatic carbocycles. The van der Waals surface area contributed by atoms with Gasteiger partial charge in [0.25, 0.3) is 0 Å². The van der Waals surface area contributed by atoms with Crippen molar-refractivity contribution in [3.05, 3.63) is 0 Å². The summed E-state index contributed by atoms with van der Waals surface area (Å²) in [7, 11) is -2.83. The molecule has 2 rings (SSSR count). The minimum Gasteiger partial charge on any atom is -0.327 e. The lowest BCUT2D eigenvalue weighted by Crippen LogP contribution is -2.27. The molecule has 0 radical (unpaired) electrons. The van der Waals surface area contributed by atoms with Crippen LogP contribution in [0.1, 0.15) is 25.7 Å². The minimum absolute atomic E-state index is 0.125. The molecule has 0 amide bonds. The van der Waals surface area contributed by atoms with Crippen LogP contribution in [0.25, 0.3) is 0 Å². The third kappa shape index (κ3) is 2.11. The van der Waals surface area contributed by atoms with E-state index in [1.807, 2.05) is 0 Å². The van der Waals surface area contributed by atoms with Gasteiger partial charge < -0.3 is 5.73 Å². The van der Waals surface area contributed by atoms with Crippen molar-refractivity contribution < 1.29 is 8.42 Å². The first-order valence-electron chi connectivity index (χ1n) is 5.42. The van der Waals surface area contributed by atoms with E-state index in [-0.39, 0.29) is 11.8 Å². The van der Waals surface area contributed by atoms with Gasteiger partial charge in [-0.25, -0.2) is 8.42 Å². The van der Waals surface area contributed by atoms with Crippen LogP contribution < -0.4 is 5.73 Å². The summed E-state index contributed by atoms with van der Waals surface area (Å²) in [6, 6.07) is 0.125. The van der Waals surface area contributed by atoms with Crippen molar-refractivity contribution in [1.29, 1.82) is 0 Å². The summed E-state index contributed by atoms with van der Waals surface area (Å²) in [4.78, 5) is 0. The van der Waals surface area contributed by atoms with Crippen molar-refractivity contribution in [2.45, 2.75) is 31.7 Å². The number of rotatable bonds is 4. The fourth-order valence-corrected chi connectivity index (χ4v) is 3.75. The van der Waals surface area contributed by atoms with Crippen LogP contribution in [0, 0.1) is 17.8 Å². The first kappa shape index (κ1) is 10.4. The van der Waals surface area contributed by atoms with Gasteiger partial charge in [-0.3, -0.25) is 0 Å². The molecule has 0 saturated heterocycles. The molecule has 2 aliphatic rings. The van der Waals surface area contributed by atoms with Gasteiger partial charge in [0, 0.05) is 12.3 Å². The number of nitrogens with two attached hydrogens (primary N) is 1. The van der Waals surface area contributed by atoms with E-state index in [4.69, 9.17) is 5.73 Å². The predicted octanol–water partition coefficient (Wildman–Crippen LogP) is 0.794. The molecule has 0 heterocycles. The zero-order chi connectivity index (χ0) is 10.3. The molecule has 0 bridgehead atoms. The lowest BCUT2D eigenvalue weighted by atomic mass is 10.0. The lowest BCUT2D eigenvalue weighted by molar-refractivity contribution is 0.474. The van der Waals surface area contributed by atoms with Gasteiger partial charge in [0.05, 0.1) is 5.75 Å². The number of hydrogen-bond acceptors (Lipinski definition) is 3. The Bertz CT molecular complexity index is 302. The van der Waals surface area contributed by atoms with Gasteiger partial charge in [0.2, 0.25) is 0 Å². The largest absolute Gasteiger partial charge is 0.327 e. The molecule has 3 unspecified atom stereocenters. The zero-order valence-corrected chi connectivity index (χ0v) is 9.46. The smallest absolute Gasteiger partial charge is 0.147 e. The Labute approximate surface area is 86.0 Å². The van der Waals surface area contributed by atoms with Crippen molar-refractivity contribution in [3.63, 3.8) is 0 Å². The number of hydrogen-bond donors (Lipinski definition) is 1. The highest BCUT2D eigenvalue weighted by Gasteiger charge is 2.54. The Kier molecular flexibility index (Phi) is 2.60. The van der Waals surface area contributed by atoms with Gasteiger partial charge in [-0.15, -0.1) is 0 Å².